The first-order valence-electron chi connectivity index (χ1n) is 8.24. The number of amides is 1. The van der Waals surface area contributed by atoms with Crippen molar-refractivity contribution in [2.24, 2.45) is 0 Å². The lowest BCUT2D eigenvalue weighted by Crippen LogP contribution is -2.14. The SMILES string of the molecule is Cc1c(C(=O)Nc2ccc(CCO)cc2)cnn1C1CCCC1. The van der Waals surface area contributed by atoms with Crippen LogP contribution in [0.1, 0.15) is 53.3 Å². The molecule has 0 atom stereocenters. The number of carbonyl (C=O) groups is 1. The van der Waals surface area contributed by atoms with Gasteiger partial charge in [-0.2, -0.15) is 5.10 Å². The zero-order valence-corrected chi connectivity index (χ0v) is 13.5. The molecule has 1 aromatic heterocycles. The van der Waals surface area contributed by atoms with E-state index in [2.05, 4.69) is 10.4 Å². The zero-order chi connectivity index (χ0) is 16.2. The number of aliphatic hydroxyl groups is 1. The van der Waals surface area contributed by atoms with Crippen LogP contribution in [0.5, 0.6) is 0 Å². The van der Waals surface area contributed by atoms with Gasteiger partial charge in [0.15, 0.2) is 0 Å². The van der Waals surface area contributed by atoms with Crippen LogP contribution in [0.2, 0.25) is 0 Å². The molecule has 1 aliphatic rings. The Labute approximate surface area is 136 Å². The number of aliphatic hydroxyl groups excluding tert-OH is 1. The molecule has 5 nitrogen and oxygen atoms in total. The molecule has 23 heavy (non-hydrogen) atoms. The third-order valence-corrected chi connectivity index (χ3v) is 4.57. The normalized spacial score (nSPS) is 15.0. The highest BCUT2D eigenvalue weighted by Crippen LogP contribution is 2.30. The van der Waals surface area contributed by atoms with Crippen LogP contribution in [0.3, 0.4) is 0 Å². The van der Waals surface area contributed by atoms with E-state index in [1.54, 1.807) is 6.20 Å². The van der Waals surface area contributed by atoms with Gasteiger partial charge in [0.25, 0.3) is 5.91 Å². The van der Waals surface area contributed by atoms with E-state index >= 15 is 0 Å². The van der Waals surface area contributed by atoms with Crippen LogP contribution in [0, 0.1) is 6.92 Å². The van der Waals surface area contributed by atoms with E-state index in [9.17, 15) is 4.79 Å². The van der Waals surface area contributed by atoms with Gasteiger partial charge in [0.05, 0.1) is 17.8 Å². The number of anilines is 1. The van der Waals surface area contributed by atoms with Crippen LogP contribution < -0.4 is 5.32 Å². The Morgan fingerprint density at radius 3 is 2.65 bits per heavy atom. The number of hydrogen-bond donors (Lipinski definition) is 2. The maximum absolute atomic E-state index is 12.5. The Balaban J connectivity index is 1.70. The van der Waals surface area contributed by atoms with Crippen LogP contribution in [0.15, 0.2) is 30.5 Å². The largest absolute Gasteiger partial charge is 0.396 e. The molecule has 2 N–H and O–H groups in total. The highest BCUT2D eigenvalue weighted by Gasteiger charge is 2.22. The van der Waals surface area contributed by atoms with Gasteiger partial charge in [-0.3, -0.25) is 9.48 Å². The Bertz CT molecular complexity index is 670. The van der Waals surface area contributed by atoms with Crippen LogP contribution in [-0.4, -0.2) is 27.4 Å². The van der Waals surface area contributed by atoms with Crippen molar-refractivity contribution in [1.82, 2.24) is 9.78 Å². The van der Waals surface area contributed by atoms with Crippen molar-refractivity contribution in [2.75, 3.05) is 11.9 Å². The molecule has 0 spiro atoms. The smallest absolute Gasteiger partial charge is 0.259 e. The fraction of sp³-hybridized carbons (Fsp3) is 0.444. The molecule has 1 heterocycles. The summed E-state index contributed by atoms with van der Waals surface area (Å²) in [5, 5.41) is 16.3. The molecule has 5 heteroatoms. The zero-order valence-electron chi connectivity index (χ0n) is 13.5. The van der Waals surface area contributed by atoms with E-state index in [1.807, 2.05) is 35.9 Å². The van der Waals surface area contributed by atoms with Crippen molar-refractivity contribution in [1.29, 1.82) is 0 Å². The second-order valence-electron chi connectivity index (χ2n) is 6.15. The van der Waals surface area contributed by atoms with Gasteiger partial charge < -0.3 is 10.4 Å². The second-order valence-corrected chi connectivity index (χ2v) is 6.15. The fourth-order valence-electron chi connectivity index (χ4n) is 3.25. The molecule has 0 bridgehead atoms. The van der Waals surface area contributed by atoms with E-state index in [4.69, 9.17) is 5.11 Å². The first-order chi connectivity index (χ1) is 11.2. The average molecular weight is 313 g/mol. The minimum absolute atomic E-state index is 0.123. The number of rotatable bonds is 5. The van der Waals surface area contributed by atoms with Crippen molar-refractivity contribution in [3.8, 4) is 0 Å². The highest BCUT2D eigenvalue weighted by molar-refractivity contribution is 6.04. The molecule has 1 fully saturated rings. The molecule has 122 valence electrons. The van der Waals surface area contributed by atoms with Crippen LogP contribution in [0.4, 0.5) is 5.69 Å². The molecule has 1 aromatic carbocycles. The predicted molar refractivity (Wildman–Crippen MR) is 89.7 cm³/mol. The van der Waals surface area contributed by atoms with E-state index in [0.717, 1.165) is 29.8 Å². The first-order valence-corrected chi connectivity index (χ1v) is 8.24. The molecule has 1 saturated carbocycles. The Hall–Kier alpha value is -2.14. The molecule has 0 saturated heterocycles. The number of hydrogen-bond acceptors (Lipinski definition) is 3. The third kappa shape index (κ3) is 3.45. The van der Waals surface area contributed by atoms with Gasteiger partial charge in [-0.25, -0.2) is 0 Å². The van der Waals surface area contributed by atoms with Gasteiger partial charge in [0, 0.05) is 18.0 Å². The van der Waals surface area contributed by atoms with Crippen LogP contribution in [-0.2, 0) is 6.42 Å². The number of nitrogens with one attached hydrogen (secondary N) is 1. The number of benzene rings is 1. The van der Waals surface area contributed by atoms with Crippen molar-refractivity contribution in [3.63, 3.8) is 0 Å². The van der Waals surface area contributed by atoms with Crippen LogP contribution >= 0.6 is 0 Å². The number of nitrogens with zero attached hydrogens (tertiary/aromatic N) is 2. The van der Waals surface area contributed by atoms with Gasteiger partial charge in [0.2, 0.25) is 0 Å². The average Bonchev–Trinajstić information content (AvgIpc) is 3.18. The van der Waals surface area contributed by atoms with Crippen molar-refractivity contribution < 1.29 is 9.90 Å². The summed E-state index contributed by atoms with van der Waals surface area (Å²) in [5.41, 5.74) is 3.38. The van der Waals surface area contributed by atoms with Crippen LogP contribution in [0.25, 0.3) is 0 Å². The highest BCUT2D eigenvalue weighted by atomic mass is 16.3. The van der Waals surface area contributed by atoms with E-state index in [0.29, 0.717) is 18.0 Å². The van der Waals surface area contributed by atoms with Crippen molar-refractivity contribution >= 4 is 11.6 Å². The lowest BCUT2D eigenvalue weighted by Gasteiger charge is -2.12. The minimum Gasteiger partial charge on any atom is -0.396 e. The number of carbonyl (C=O) groups excluding carboxylic acids is 1. The summed E-state index contributed by atoms with van der Waals surface area (Å²) >= 11 is 0. The standard InChI is InChI=1S/C18H23N3O2/c1-13-17(12-19-21(13)16-4-2-3-5-16)18(23)20-15-8-6-14(7-9-15)10-11-22/h6-9,12,16,22H,2-5,10-11H2,1H3,(H,20,23). The molecular weight excluding hydrogens is 290 g/mol. The Kier molecular flexibility index (Phi) is 4.76. The maximum Gasteiger partial charge on any atom is 0.259 e. The topological polar surface area (TPSA) is 67.2 Å². The Morgan fingerprint density at radius 2 is 2.00 bits per heavy atom. The predicted octanol–water partition coefficient (Wildman–Crippen LogP) is 3.09. The molecule has 2 aromatic rings. The summed E-state index contributed by atoms with van der Waals surface area (Å²) in [6, 6.07) is 8.00. The van der Waals surface area contributed by atoms with E-state index in [-0.39, 0.29) is 12.5 Å². The minimum atomic E-state index is -0.123. The summed E-state index contributed by atoms with van der Waals surface area (Å²) < 4.78 is 2.01. The summed E-state index contributed by atoms with van der Waals surface area (Å²) in [7, 11) is 0. The Morgan fingerprint density at radius 1 is 1.30 bits per heavy atom. The lowest BCUT2D eigenvalue weighted by molar-refractivity contribution is 0.102. The maximum atomic E-state index is 12.5. The van der Waals surface area contributed by atoms with Crippen molar-refractivity contribution in [2.45, 2.75) is 45.1 Å². The van der Waals surface area contributed by atoms with Gasteiger partial charge >= 0.3 is 0 Å². The lowest BCUT2D eigenvalue weighted by atomic mass is 10.1. The summed E-state index contributed by atoms with van der Waals surface area (Å²) in [6.45, 7) is 2.09. The second kappa shape index (κ2) is 6.96. The quantitative estimate of drug-likeness (QED) is 0.891. The first kappa shape index (κ1) is 15.7. The molecule has 0 unspecified atom stereocenters. The van der Waals surface area contributed by atoms with E-state index in [1.165, 1.54) is 12.8 Å². The molecule has 1 amide bonds. The molecule has 0 aliphatic heterocycles. The molecule has 3 rings (SSSR count). The summed E-state index contributed by atoms with van der Waals surface area (Å²) in [6.07, 6.45) is 7.08. The van der Waals surface area contributed by atoms with E-state index < -0.39 is 0 Å². The van der Waals surface area contributed by atoms with Gasteiger partial charge in [-0.1, -0.05) is 25.0 Å². The van der Waals surface area contributed by atoms with Gasteiger partial charge in [-0.15, -0.1) is 0 Å². The van der Waals surface area contributed by atoms with Crippen molar-refractivity contribution in [3.05, 3.63) is 47.3 Å². The molecular formula is C18H23N3O2. The monoisotopic (exact) mass is 313 g/mol. The van der Waals surface area contributed by atoms with Gasteiger partial charge in [0.1, 0.15) is 0 Å². The molecule has 0 radical (unpaired) electrons. The number of aromatic nitrogens is 2. The fourth-order valence-corrected chi connectivity index (χ4v) is 3.25. The van der Waals surface area contributed by atoms with Gasteiger partial charge in [-0.05, 0) is 43.9 Å². The summed E-state index contributed by atoms with van der Waals surface area (Å²) in [4.78, 5) is 12.5. The third-order valence-electron chi connectivity index (χ3n) is 4.57. The summed E-state index contributed by atoms with van der Waals surface area (Å²) in [5.74, 6) is -0.123. The molecule has 1 aliphatic carbocycles.